The third-order valence-corrected chi connectivity index (χ3v) is 2.98. The predicted octanol–water partition coefficient (Wildman–Crippen LogP) is 3.46. The van der Waals surface area contributed by atoms with Gasteiger partial charge in [-0.25, -0.2) is 4.98 Å². The lowest BCUT2D eigenvalue weighted by molar-refractivity contribution is 0.526. The van der Waals surface area contributed by atoms with Gasteiger partial charge in [-0.15, -0.1) is 0 Å². The maximum absolute atomic E-state index is 4.37. The summed E-state index contributed by atoms with van der Waals surface area (Å²) in [6.07, 6.45) is 3.88. The van der Waals surface area contributed by atoms with Gasteiger partial charge in [0.25, 0.3) is 0 Å². The van der Waals surface area contributed by atoms with E-state index in [1.54, 1.807) is 0 Å². The van der Waals surface area contributed by atoms with Crippen LogP contribution in [-0.4, -0.2) is 9.55 Å². The maximum atomic E-state index is 4.37. The molecule has 2 aromatic rings. The van der Waals surface area contributed by atoms with Crippen LogP contribution < -0.4 is 5.32 Å². The first-order chi connectivity index (χ1) is 8.66. The second-order valence-corrected chi connectivity index (χ2v) is 5.08. The van der Waals surface area contributed by atoms with Crippen molar-refractivity contribution in [3.8, 4) is 0 Å². The van der Waals surface area contributed by atoms with Gasteiger partial charge in [0.05, 0.1) is 0 Å². The van der Waals surface area contributed by atoms with E-state index in [2.05, 4.69) is 59.9 Å². The van der Waals surface area contributed by atoms with Crippen LogP contribution in [0.5, 0.6) is 0 Å². The largest absolute Gasteiger partial charge is 0.352 e. The Morgan fingerprint density at radius 3 is 2.78 bits per heavy atom. The van der Waals surface area contributed by atoms with Gasteiger partial charge >= 0.3 is 0 Å². The van der Waals surface area contributed by atoms with E-state index in [0.29, 0.717) is 5.92 Å². The molecule has 0 aliphatic carbocycles. The number of hydrogen-bond acceptors (Lipinski definition) is 2. The minimum atomic E-state index is 0.623. The van der Waals surface area contributed by atoms with Crippen LogP contribution in [0, 0.1) is 12.8 Å². The summed E-state index contributed by atoms with van der Waals surface area (Å²) in [7, 11) is 0. The average Bonchev–Trinajstić information content (AvgIpc) is 2.75. The highest BCUT2D eigenvalue weighted by Gasteiger charge is 2.04. The van der Waals surface area contributed by atoms with Gasteiger partial charge < -0.3 is 9.88 Å². The van der Waals surface area contributed by atoms with Gasteiger partial charge in [-0.05, 0) is 24.0 Å². The van der Waals surface area contributed by atoms with Crippen molar-refractivity contribution in [2.45, 2.75) is 33.9 Å². The van der Waals surface area contributed by atoms with Gasteiger partial charge in [0.2, 0.25) is 5.95 Å². The Hall–Kier alpha value is -1.77. The van der Waals surface area contributed by atoms with Crippen molar-refractivity contribution in [3.05, 3.63) is 47.8 Å². The molecular weight excluding hydrogens is 222 g/mol. The van der Waals surface area contributed by atoms with Gasteiger partial charge in [-0.1, -0.05) is 38.1 Å². The fraction of sp³-hybridized carbons (Fsp3) is 0.400. The van der Waals surface area contributed by atoms with Crippen molar-refractivity contribution in [1.82, 2.24) is 9.55 Å². The van der Waals surface area contributed by atoms with E-state index in [4.69, 9.17) is 0 Å². The van der Waals surface area contributed by atoms with E-state index in [-0.39, 0.29) is 0 Å². The second kappa shape index (κ2) is 5.71. The average molecular weight is 243 g/mol. The summed E-state index contributed by atoms with van der Waals surface area (Å²) in [6.45, 7) is 8.38. The van der Waals surface area contributed by atoms with Crippen molar-refractivity contribution in [2.75, 3.05) is 5.32 Å². The molecule has 1 aromatic carbocycles. The number of rotatable bonds is 5. The monoisotopic (exact) mass is 243 g/mol. The number of hydrogen-bond donors (Lipinski definition) is 1. The Balaban J connectivity index is 2.02. The molecule has 96 valence electrons. The lowest BCUT2D eigenvalue weighted by Gasteiger charge is -2.12. The highest BCUT2D eigenvalue weighted by atomic mass is 15.2. The molecule has 0 aliphatic heterocycles. The van der Waals surface area contributed by atoms with Crippen molar-refractivity contribution in [1.29, 1.82) is 0 Å². The Bertz CT molecular complexity index is 500. The molecule has 3 heteroatoms. The van der Waals surface area contributed by atoms with E-state index in [0.717, 1.165) is 19.0 Å². The summed E-state index contributed by atoms with van der Waals surface area (Å²) in [6, 6.07) is 8.43. The number of nitrogens with zero attached hydrogens (tertiary/aromatic N) is 2. The van der Waals surface area contributed by atoms with Crippen molar-refractivity contribution in [3.63, 3.8) is 0 Å². The zero-order valence-corrected chi connectivity index (χ0v) is 11.4. The Labute approximate surface area is 109 Å². The molecule has 0 amide bonds. The Kier molecular flexibility index (Phi) is 4.03. The molecule has 0 fully saturated rings. The maximum Gasteiger partial charge on any atom is 0.203 e. The zero-order valence-electron chi connectivity index (χ0n) is 11.4. The van der Waals surface area contributed by atoms with Gasteiger partial charge in [-0.3, -0.25) is 0 Å². The summed E-state index contributed by atoms with van der Waals surface area (Å²) in [4.78, 5) is 4.37. The molecular formula is C15H21N3. The third-order valence-electron chi connectivity index (χ3n) is 2.98. The van der Waals surface area contributed by atoms with Crippen LogP contribution in [0.3, 0.4) is 0 Å². The summed E-state index contributed by atoms with van der Waals surface area (Å²) < 4.78 is 2.17. The quantitative estimate of drug-likeness (QED) is 0.871. The highest BCUT2D eigenvalue weighted by Crippen LogP contribution is 2.12. The smallest absolute Gasteiger partial charge is 0.203 e. The number of benzene rings is 1. The molecule has 1 heterocycles. The van der Waals surface area contributed by atoms with E-state index in [9.17, 15) is 0 Å². The minimum absolute atomic E-state index is 0.623. The molecule has 18 heavy (non-hydrogen) atoms. The van der Waals surface area contributed by atoms with E-state index < -0.39 is 0 Å². The molecule has 0 atom stereocenters. The Morgan fingerprint density at radius 1 is 1.28 bits per heavy atom. The van der Waals surface area contributed by atoms with Crippen LogP contribution in [0.2, 0.25) is 0 Å². The molecule has 0 aliphatic rings. The topological polar surface area (TPSA) is 29.9 Å². The zero-order chi connectivity index (χ0) is 13.0. The van der Waals surface area contributed by atoms with Crippen molar-refractivity contribution >= 4 is 5.95 Å². The first-order valence-electron chi connectivity index (χ1n) is 6.46. The number of aryl methyl sites for hydroxylation is 1. The Morgan fingerprint density at radius 2 is 2.06 bits per heavy atom. The number of imidazole rings is 1. The van der Waals surface area contributed by atoms with Crippen molar-refractivity contribution < 1.29 is 0 Å². The molecule has 0 saturated carbocycles. The minimum Gasteiger partial charge on any atom is -0.352 e. The van der Waals surface area contributed by atoms with Crippen LogP contribution in [0.1, 0.15) is 25.0 Å². The van der Waals surface area contributed by atoms with Gasteiger partial charge in [0, 0.05) is 25.5 Å². The van der Waals surface area contributed by atoms with Crippen LogP contribution in [0.4, 0.5) is 5.95 Å². The lowest BCUT2D eigenvalue weighted by atomic mass is 10.1. The van der Waals surface area contributed by atoms with Crippen LogP contribution in [-0.2, 0) is 13.1 Å². The van der Waals surface area contributed by atoms with E-state index >= 15 is 0 Å². The summed E-state index contributed by atoms with van der Waals surface area (Å²) in [5.41, 5.74) is 2.63. The molecule has 2 rings (SSSR count). The third kappa shape index (κ3) is 3.13. The normalized spacial score (nSPS) is 10.9. The van der Waals surface area contributed by atoms with Gasteiger partial charge in [0.15, 0.2) is 0 Å². The summed E-state index contributed by atoms with van der Waals surface area (Å²) in [5, 5.41) is 3.41. The standard InChI is InChI=1S/C15H21N3/c1-12(2)11-18-9-8-16-15(18)17-10-14-7-5-4-6-13(14)3/h4-9,12H,10-11H2,1-3H3,(H,16,17). The van der Waals surface area contributed by atoms with E-state index in [1.807, 2.05) is 12.4 Å². The van der Waals surface area contributed by atoms with Gasteiger partial charge in [0.1, 0.15) is 0 Å². The molecule has 1 aromatic heterocycles. The molecule has 3 nitrogen and oxygen atoms in total. The molecule has 0 bridgehead atoms. The predicted molar refractivity (Wildman–Crippen MR) is 75.6 cm³/mol. The first-order valence-corrected chi connectivity index (χ1v) is 6.46. The second-order valence-electron chi connectivity index (χ2n) is 5.08. The number of aromatic nitrogens is 2. The van der Waals surface area contributed by atoms with Gasteiger partial charge in [-0.2, -0.15) is 0 Å². The number of nitrogens with one attached hydrogen (secondary N) is 1. The fourth-order valence-electron chi connectivity index (χ4n) is 2.00. The summed E-state index contributed by atoms with van der Waals surface area (Å²) >= 11 is 0. The highest BCUT2D eigenvalue weighted by molar-refractivity contribution is 5.32. The van der Waals surface area contributed by atoms with Crippen LogP contribution >= 0.6 is 0 Å². The molecule has 0 radical (unpaired) electrons. The molecule has 0 saturated heterocycles. The number of anilines is 1. The molecule has 0 unspecified atom stereocenters. The molecule has 0 spiro atoms. The van der Waals surface area contributed by atoms with Crippen LogP contribution in [0.15, 0.2) is 36.7 Å². The SMILES string of the molecule is Cc1ccccc1CNc1nccn1CC(C)C. The first kappa shape index (κ1) is 12.7. The van der Waals surface area contributed by atoms with Crippen LogP contribution in [0.25, 0.3) is 0 Å². The van der Waals surface area contributed by atoms with Crippen molar-refractivity contribution in [2.24, 2.45) is 5.92 Å². The summed E-state index contributed by atoms with van der Waals surface area (Å²) in [5.74, 6) is 1.57. The molecule has 1 N–H and O–H groups in total. The fourth-order valence-corrected chi connectivity index (χ4v) is 2.00. The van der Waals surface area contributed by atoms with E-state index in [1.165, 1.54) is 11.1 Å². The lowest BCUT2D eigenvalue weighted by Crippen LogP contribution is -2.10.